The first kappa shape index (κ1) is 14.8. The summed E-state index contributed by atoms with van der Waals surface area (Å²) in [6.07, 6.45) is 7.81. The van der Waals surface area contributed by atoms with Gasteiger partial charge in [0.25, 0.3) is 0 Å². The monoisotopic (exact) mass is 251 g/mol. The van der Waals surface area contributed by atoms with Gasteiger partial charge >= 0.3 is 0 Å². The van der Waals surface area contributed by atoms with Gasteiger partial charge in [-0.15, -0.1) is 0 Å². The Bertz CT molecular complexity index is 339. The van der Waals surface area contributed by atoms with E-state index in [1.54, 1.807) is 6.07 Å². The van der Waals surface area contributed by atoms with Crippen LogP contribution in [-0.4, -0.2) is 16.8 Å². The van der Waals surface area contributed by atoms with E-state index in [0.717, 1.165) is 18.7 Å². The van der Waals surface area contributed by atoms with Crippen LogP contribution in [0.15, 0.2) is 18.2 Å². The van der Waals surface area contributed by atoms with Crippen LogP contribution in [0.1, 0.15) is 51.0 Å². The Balaban J connectivity index is 2.05. The van der Waals surface area contributed by atoms with Crippen LogP contribution in [0.25, 0.3) is 0 Å². The van der Waals surface area contributed by atoms with Crippen molar-refractivity contribution in [3.63, 3.8) is 0 Å². The first-order valence-corrected chi connectivity index (χ1v) is 6.95. The Kier molecular flexibility index (Phi) is 7.26. The lowest BCUT2D eigenvalue weighted by Crippen LogP contribution is -2.14. The minimum absolute atomic E-state index is 0.0473. The van der Waals surface area contributed by atoms with E-state index in [1.807, 2.05) is 6.07 Å². The van der Waals surface area contributed by atoms with Crippen molar-refractivity contribution in [2.45, 2.75) is 52.0 Å². The van der Waals surface area contributed by atoms with Gasteiger partial charge in [0.1, 0.15) is 0 Å². The molecule has 0 amide bonds. The lowest BCUT2D eigenvalue weighted by molar-refractivity contribution is 0.403. The van der Waals surface area contributed by atoms with Crippen molar-refractivity contribution >= 4 is 0 Å². The van der Waals surface area contributed by atoms with Crippen LogP contribution in [0.4, 0.5) is 0 Å². The van der Waals surface area contributed by atoms with Crippen LogP contribution < -0.4 is 5.32 Å². The molecule has 0 atom stereocenters. The molecule has 0 bridgehead atoms. The minimum atomic E-state index is -0.0605. The molecule has 102 valence electrons. The largest absolute Gasteiger partial charge is 0.504 e. The van der Waals surface area contributed by atoms with E-state index < -0.39 is 0 Å². The van der Waals surface area contributed by atoms with Gasteiger partial charge in [-0.1, -0.05) is 45.1 Å². The maximum atomic E-state index is 9.35. The molecule has 0 unspecified atom stereocenters. The van der Waals surface area contributed by atoms with Gasteiger partial charge in [-0.25, -0.2) is 0 Å². The van der Waals surface area contributed by atoms with E-state index in [9.17, 15) is 10.2 Å². The van der Waals surface area contributed by atoms with E-state index in [2.05, 4.69) is 12.2 Å². The molecule has 3 N–H and O–H groups in total. The summed E-state index contributed by atoms with van der Waals surface area (Å²) in [6.45, 7) is 3.98. The number of rotatable bonds is 9. The van der Waals surface area contributed by atoms with E-state index in [4.69, 9.17) is 0 Å². The van der Waals surface area contributed by atoms with Gasteiger partial charge in [0.05, 0.1) is 0 Å². The van der Waals surface area contributed by atoms with E-state index in [1.165, 1.54) is 44.6 Å². The highest BCUT2D eigenvalue weighted by Gasteiger charge is 1.99. The van der Waals surface area contributed by atoms with Crippen molar-refractivity contribution in [3.05, 3.63) is 23.8 Å². The highest BCUT2D eigenvalue weighted by atomic mass is 16.3. The van der Waals surface area contributed by atoms with Crippen LogP contribution in [0, 0.1) is 0 Å². The van der Waals surface area contributed by atoms with Crippen LogP contribution in [0.2, 0.25) is 0 Å². The van der Waals surface area contributed by atoms with Gasteiger partial charge < -0.3 is 15.5 Å². The predicted octanol–water partition coefficient (Wildman–Crippen LogP) is 3.55. The number of nitrogens with one attached hydrogen (secondary N) is 1. The fourth-order valence-electron chi connectivity index (χ4n) is 1.94. The van der Waals surface area contributed by atoms with Gasteiger partial charge in [-0.3, -0.25) is 0 Å². The second-order valence-corrected chi connectivity index (χ2v) is 4.77. The third-order valence-corrected chi connectivity index (χ3v) is 3.08. The summed E-state index contributed by atoms with van der Waals surface area (Å²) in [4.78, 5) is 0. The van der Waals surface area contributed by atoms with E-state index >= 15 is 0 Å². The van der Waals surface area contributed by atoms with Crippen molar-refractivity contribution in [3.8, 4) is 11.5 Å². The number of aromatic hydroxyl groups is 2. The van der Waals surface area contributed by atoms with Crippen molar-refractivity contribution < 1.29 is 10.2 Å². The summed E-state index contributed by atoms with van der Waals surface area (Å²) < 4.78 is 0. The third kappa shape index (κ3) is 5.92. The third-order valence-electron chi connectivity index (χ3n) is 3.08. The summed E-state index contributed by atoms with van der Waals surface area (Å²) >= 11 is 0. The summed E-state index contributed by atoms with van der Waals surface area (Å²) in [6, 6.07) is 4.95. The number of phenolic OH excluding ortho intramolecular Hbond substituents is 2. The molecule has 1 aromatic carbocycles. The van der Waals surface area contributed by atoms with E-state index in [0.29, 0.717) is 0 Å². The standard InChI is InChI=1S/C15H25NO2/c1-2-3-4-5-6-7-10-16-12-13-8-9-14(17)15(18)11-13/h8-9,11,16-18H,2-7,10,12H2,1H3. The molecule has 18 heavy (non-hydrogen) atoms. The second kappa shape index (κ2) is 8.81. The Morgan fingerprint density at radius 3 is 2.39 bits per heavy atom. The zero-order chi connectivity index (χ0) is 13.2. The number of benzene rings is 1. The van der Waals surface area contributed by atoms with Crippen molar-refractivity contribution in [1.29, 1.82) is 0 Å². The van der Waals surface area contributed by atoms with Crippen molar-refractivity contribution in [2.75, 3.05) is 6.54 Å². The molecule has 0 fully saturated rings. The van der Waals surface area contributed by atoms with Crippen LogP contribution in [0.5, 0.6) is 11.5 Å². The molecule has 0 heterocycles. The molecule has 0 aliphatic heterocycles. The molecular formula is C15H25NO2. The lowest BCUT2D eigenvalue weighted by Gasteiger charge is -2.06. The molecule has 1 rings (SSSR count). The maximum Gasteiger partial charge on any atom is 0.157 e. The van der Waals surface area contributed by atoms with E-state index in [-0.39, 0.29) is 11.5 Å². The second-order valence-electron chi connectivity index (χ2n) is 4.77. The summed E-state index contributed by atoms with van der Waals surface area (Å²) in [5.41, 5.74) is 0.997. The van der Waals surface area contributed by atoms with Gasteiger partial charge in [-0.05, 0) is 30.7 Å². The normalized spacial score (nSPS) is 10.7. The number of hydrogen-bond acceptors (Lipinski definition) is 3. The van der Waals surface area contributed by atoms with Gasteiger partial charge in [0, 0.05) is 6.54 Å². The molecule has 3 nitrogen and oxygen atoms in total. The zero-order valence-electron chi connectivity index (χ0n) is 11.3. The molecule has 3 heteroatoms. The number of phenols is 2. The fourth-order valence-corrected chi connectivity index (χ4v) is 1.94. The quantitative estimate of drug-likeness (QED) is 0.465. The van der Waals surface area contributed by atoms with Gasteiger partial charge in [-0.2, -0.15) is 0 Å². The fraction of sp³-hybridized carbons (Fsp3) is 0.600. The highest BCUT2D eigenvalue weighted by Crippen LogP contribution is 2.24. The molecule has 0 aliphatic carbocycles. The Morgan fingerprint density at radius 2 is 1.67 bits per heavy atom. The average Bonchev–Trinajstić information content (AvgIpc) is 2.37. The number of unbranched alkanes of at least 4 members (excludes halogenated alkanes) is 5. The predicted molar refractivity (Wildman–Crippen MR) is 74.9 cm³/mol. The molecule has 0 saturated heterocycles. The highest BCUT2D eigenvalue weighted by molar-refractivity contribution is 5.40. The van der Waals surface area contributed by atoms with Crippen LogP contribution in [-0.2, 0) is 6.54 Å². The van der Waals surface area contributed by atoms with Gasteiger partial charge in [0.15, 0.2) is 11.5 Å². The molecule has 0 spiro atoms. The topological polar surface area (TPSA) is 52.5 Å². The summed E-state index contributed by atoms with van der Waals surface area (Å²) in [5, 5.41) is 21.9. The Hall–Kier alpha value is -1.22. The molecule has 0 saturated carbocycles. The van der Waals surface area contributed by atoms with Crippen LogP contribution >= 0.6 is 0 Å². The molecular weight excluding hydrogens is 226 g/mol. The first-order valence-electron chi connectivity index (χ1n) is 6.95. The lowest BCUT2D eigenvalue weighted by atomic mass is 10.1. The average molecular weight is 251 g/mol. The molecule has 1 aromatic rings. The maximum absolute atomic E-state index is 9.35. The molecule has 0 aliphatic rings. The molecule has 0 radical (unpaired) electrons. The van der Waals surface area contributed by atoms with Crippen molar-refractivity contribution in [2.24, 2.45) is 0 Å². The van der Waals surface area contributed by atoms with Crippen molar-refractivity contribution in [1.82, 2.24) is 5.32 Å². The molecule has 0 aromatic heterocycles. The SMILES string of the molecule is CCCCCCCCNCc1ccc(O)c(O)c1. The first-order chi connectivity index (χ1) is 8.74. The minimum Gasteiger partial charge on any atom is -0.504 e. The summed E-state index contributed by atoms with van der Waals surface area (Å²) in [7, 11) is 0. The Morgan fingerprint density at radius 1 is 0.944 bits per heavy atom. The summed E-state index contributed by atoms with van der Waals surface area (Å²) in [5.74, 6) is -0.108. The Labute approximate surface area is 110 Å². The number of hydrogen-bond donors (Lipinski definition) is 3. The van der Waals surface area contributed by atoms with Crippen LogP contribution in [0.3, 0.4) is 0 Å². The zero-order valence-corrected chi connectivity index (χ0v) is 11.3. The smallest absolute Gasteiger partial charge is 0.157 e. The van der Waals surface area contributed by atoms with Gasteiger partial charge in [0.2, 0.25) is 0 Å².